The van der Waals surface area contributed by atoms with Crippen molar-refractivity contribution in [2.75, 3.05) is 18.5 Å². The first-order valence-corrected chi connectivity index (χ1v) is 8.53. The van der Waals surface area contributed by atoms with Crippen molar-refractivity contribution < 1.29 is 14.3 Å². The van der Waals surface area contributed by atoms with Crippen molar-refractivity contribution in [2.24, 2.45) is 5.92 Å². The van der Waals surface area contributed by atoms with Crippen molar-refractivity contribution in [1.29, 1.82) is 0 Å². The Labute approximate surface area is 154 Å². The molecule has 136 valence electrons. The van der Waals surface area contributed by atoms with Crippen LogP contribution in [-0.2, 0) is 0 Å². The summed E-state index contributed by atoms with van der Waals surface area (Å²) in [6.07, 6.45) is 1.60. The number of nitrogens with one attached hydrogen (secondary N) is 2. The molecule has 0 heterocycles. The van der Waals surface area contributed by atoms with Crippen molar-refractivity contribution in [3.63, 3.8) is 0 Å². The third kappa shape index (κ3) is 5.48. The standard InChI is InChI=1S/C21H24N2O3/c1-4-12-22-21(25)18-10-5-6-11-19(18)23-20(24)16-8-7-9-17(13-16)26-14-15(2)3/h4-11,13,15H,1,12,14H2,2-3H3,(H,22,25)(H,23,24). The second-order valence-electron chi connectivity index (χ2n) is 6.23. The van der Waals surface area contributed by atoms with Crippen LogP contribution in [0.15, 0.2) is 61.2 Å². The first-order valence-electron chi connectivity index (χ1n) is 8.53. The van der Waals surface area contributed by atoms with Gasteiger partial charge in [-0.1, -0.05) is 38.1 Å². The van der Waals surface area contributed by atoms with Crippen molar-refractivity contribution in [3.05, 3.63) is 72.3 Å². The number of carbonyl (C=O) groups is 2. The van der Waals surface area contributed by atoms with Crippen LogP contribution in [0.1, 0.15) is 34.6 Å². The highest BCUT2D eigenvalue weighted by atomic mass is 16.5. The summed E-state index contributed by atoms with van der Waals surface area (Å²) in [5, 5.41) is 5.51. The van der Waals surface area contributed by atoms with E-state index < -0.39 is 0 Å². The monoisotopic (exact) mass is 352 g/mol. The summed E-state index contributed by atoms with van der Waals surface area (Å²) >= 11 is 0. The molecule has 2 aromatic carbocycles. The maximum Gasteiger partial charge on any atom is 0.255 e. The van der Waals surface area contributed by atoms with Crippen LogP contribution in [-0.4, -0.2) is 25.0 Å². The summed E-state index contributed by atoms with van der Waals surface area (Å²) in [5.41, 5.74) is 1.31. The minimum absolute atomic E-state index is 0.269. The largest absolute Gasteiger partial charge is 0.493 e. The minimum Gasteiger partial charge on any atom is -0.493 e. The fourth-order valence-corrected chi connectivity index (χ4v) is 2.23. The zero-order valence-corrected chi connectivity index (χ0v) is 15.1. The Kier molecular flexibility index (Phi) is 6.97. The first-order chi connectivity index (χ1) is 12.5. The van der Waals surface area contributed by atoms with Crippen molar-refractivity contribution in [2.45, 2.75) is 13.8 Å². The molecule has 2 amide bonds. The second-order valence-corrected chi connectivity index (χ2v) is 6.23. The Hall–Kier alpha value is -3.08. The molecule has 0 radical (unpaired) electrons. The third-order valence-corrected chi connectivity index (χ3v) is 3.51. The molecule has 0 aromatic heterocycles. The van der Waals surface area contributed by atoms with E-state index >= 15 is 0 Å². The summed E-state index contributed by atoms with van der Waals surface area (Å²) in [4.78, 5) is 24.8. The van der Waals surface area contributed by atoms with Crippen LogP contribution in [0, 0.1) is 5.92 Å². The smallest absolute Gasteiger partial charge is 0.255 e. The Bertz CT molecular complexity index is 784. The molecule has 0 saturated heterocycles. The van der Waals surface area contributed by atoms with Gasteiger partial charge in [-0.3, -0.25) is 9.59 Å². The topological polar surface area (TPSA) is 67.4 Å². The zero-order valence-electron chi connectivity index (χ0n) is 15.1. The molecule has 5 nitrogen and oxygen atoms in total. The van der Waals surface area contributed by atoms with Gasteiger partial charge in [0.1, 0.15) is 5.75 Å². The van der Waals surface area contributed by atoms with Crippen LogP contribution < -0.4 is 15.4 Å². The Balaban J connectivity index is 2.14. The van der Waals surface area contributed by atoms with Crippen LogP contribution in [0.2, 0.25) is 0 Å². The van der Waals surface area contributed by atoms with Crippen LogP contribution in [0.4, 0.5) is 5.69 Å². The van der Waals surface area contributed by atoms with Crippen molar-refractivity contribution >= 4 is 17.5 Å². The molecule has 26 heavy (non-hydrogen) atoms. The fourth-order valence-electron chi connectivity index (χ4n) is 2.23. The van der Waals surface area contributed by atoms with Gasteiger partial charge in [0.05, 0.1) is 17.9 Å². The molecule has 2 rings (SSSR count). The molecule has 0 saturated carbocycles. The highest BCUT2D eigenvalue weighted by molar-refractivity contribution is 6.09. The van der Waals surface area contributed by atoms with Gasteiger partial charge >= 0.3 is 0 Å². The van der Waals surface area contributed by atoms with E-state index in [1.165, 1.54) is 0 Å². The zero-order chi connectivity index (χ0) is 18.9. The van der Waals surface area contributed by atoms with E-state index in [0.717, 1.165) is 0 Å². The van der Waals surface area contributed by atoms with Gasteiger partial charge in [0.15, 0.2) is 0 Å². The molecule has 0 bridgehead atoms. The van der Waals surface area contributed by atoms with Gasteiger partial charge in [0.25, 0.3) is 11.8 Å². The van der Waals surface area contributed by atoms with Gasteiger partial charge in [-0.25, -0.2) is 0 Å². The minimum atomic E-state index is -0.302. The molecule has 5 heteroatoms. The normalized spacial score (nSPS) is 10.3. The highest BCUT2D eigenvalue weighted by Crippen LogP contribution is 2.19. The lowest BCUT2D eigenvalue weighted by atomic mass is 10.1. The second kappa shape index (κ2) is 9.42. The van der Waals surface area contributed by atoms with Gasteiger partial charge in [-0.15, -0.1) is 6.58 Å². The van der Waals surface area contributed by atoms with Gasteiger partial charge in [0, 0.05) is 12.1 Å². The van der Waals surface area contributed by atoms with E-state index in [0.29, 0.717) is 41.6 Å². The quantitative estimate of drug-likeness (QED) is 0.708. The molecule has 0 aliphatic rings. The lowest BCUT2D eigenvalue weighted by Crippen LogP contribution is -2.25. The Morgan fingerprint density at radius 2 is 1.88 bits per heavy atom. The molecular formula is C21H24N2O3. The average molecular weight is 352 g/mol. The first kappa shape index (κ1) is 19.2. The summed E-state index contributed by atoms with van der Waals surface area (Å²) in [6, 6.07) is 13.9. The number of amides is 2. The maximum absolute atomic E-state index is 12.6. The Morgan fingerprint density at radius 1 is 1.12 bits per heavy atom. The van der Waals surface area contributed by atoms with Crippen molar-refractivity contribution in [1.82, 2.24) is 5.32 Å². The third-order valence-electron chi connectivity index (χ3n) is 3.51. The average Bonchev–Trinajstić information content (AvgIpc) is 2.65. The van der Waals surface area contributed by atoms with Gasteiger partial charge < -0.3 is 15.4 Å². The Morgan fingerprint density at radius 3 is 2.62 bits per heavy atom. The van der Waals surface area contributed by atoms with E-state index in [2.05, 4.69) is 31.1 Å². The van der Waals surface area contributed by atoms with E-state index in [-0.39, 0.29) is 11.8 Å². The van der Waals surface area contributed by atoms with E-state index in [9.17, 15) is 9.59 Å². The fraction of sp³-hybridized carbons (Fsp3) is 0.238. The number of hydrogen-bond donors (Lipinski definition) is 2. The van der Waals surface area contributed by atoms with Crippen molar-refractivity contribution in [3.8, 4) is 5.75 Å². The lowest BCUT2D eigenvalue weighted by molar-refractivity contribution is 0.0959. The summed E-state index contributed by atoms with van der Waals surface area (Å²) in [6.45, 7) is 8.63. The van der Waals surface area contributed by atoms with Crippen LogP contribution in [0.5, 0.6) is 5.75 Å². The number of anilines is 1. The molecule has 0 spiro atoms. The number of benzene rings is 2. The highest BCUT2D eigenvalue weighted by Gasteiger charge is 2.14. The van der Waals surface area contributed by atoms with Crippen LogP contribution in [0.25, 0.3) is 0 Å². The molecule has 2 N–H and O–H groups in total. The summed E-state index contributed by atoms with van der Waals surface area (Å²) in [5.74, 6) is 0.468. The molecule has 0 unspecified atom stereocenters. The van der Waals surface area contributed by atoms with Crippen LogP contribution >= 0.6 is 0 Å². The van der Waals surface area contributed by atoms with Gasteiger partial charge in [-0.05, 0) is 36.2 Å². The predicted octanol–water partition coefficient (Wildman–Crippen LogP) is 3.89. The molecule has 2 aromatic rings. The number of ether oxygens (including phenoxy) is 1. The number of hydrogen-bond acceptors (Lipinski definition) is 3. The molecular weight excluding hydrogens is 328 g/mol. The van der Waals surface area contributed by atoms with Gasteiger partial charge in [0.2, 0.25) is 0 Å². The molecule has 0 aliphatic heterocycles. The van der Waals surface area contributed by atoms with Crippen LogP contribution in [0.3, 0.4) is 0 Å². The number of carbonyl (C=O) groups excluding carboxylic acids is 2. The summed E-state index contributed by atoms with van der Waals surface area (Å²) < 4.78 is 5.66. The lowest BCUT2D eigenvalue weighted by Gasteiger charge is -2.12. The number of para-hydroxylation sites is 1. The summed E-state index contributed by atoms with van der Waals surface area (Å²) in [7, 11) is 0. The molecule has 0 fully saturated rings. The SMILES string of the molecule is C=CCNC(=O)c1ccccc1NC(=O)c1cccc(OCC(C)C)c1. The maximum atomic E-state index is 12.6. The molecule has 0 atom stereocenters. The van der Waals surface area contributed by atoms with E-state index in [1.807, 2.05) is 6.07 Å². The van der Waals surface area contributed by atoms with Gasteiger partial charge in [-0.2, -0.15) is 0 Å². The van der Waals surface area contributed by atoms with E-state index in [1.54, 1.807) is 48.5 Å². The predicted molar refractivity (Wildman–Crippen MR) is 104 cm³/mol. The molecule has 0 aliphatic carbocycles. The number of rotatable bonds is 8. The van der Waals surface area contributed by atoms with E-state index in [4.69, 9.17) is 4.74 Å².